The first-order valence-corrected chi connectivity index (χ1v) is 43.2. The second-order valence-electron chi connectivity index (χ2n) is 32.4. The Kier molecular flexibility index (Phi) is 29.5. The van der Waals surface area contributed by atoms with E-state index in [1.165, 1.54) is 4.90 Å². The molecule has 0 saturated carbocycles. The summed E-state index contributed by atoms with van der Waals surface area (Å²) in [6.45, 7) is 0.113. The molecule has 0 unspecified atom stereocenters. The Morgan fingerprint density at radius 2 is 0.698 bits per heavy atom. The number of amides is 10. The van der Waals surface area contributed by atoms with Gasteiger partial charge in [-0.05, 0) is 171 Å². The van der Waals surface area contributed by atoms with Crippen molar-refractivity contribution in [3.8, 4) is 11.1 Å². The maximum atomic E-state index is 15.6. The van der Waals surface area contributed by atoms with E-state index in [4.69, 9.17) is 21.9 Å². The molecule has 9 atom stereocenters. The van der Waals surface area contributed by atoms with E-state index in [-0.39, 0.29) is 96.5 Å². The van der Waals surface area contributed by atoms with E-state index in [0.29, 0.717) is 72.8 Å². The van der Waals surface area contributed by atoms with Crippen molar-refractivity contribution in [3.05, 3.63) is 240 Å². The lowest BCUT2D eigenvalue weighted by atomic mass is 9.98. The monoisotopic (exact) mass is 1710 g/mol. The molecule has 10 amide bonds. The molecule has 5 aromatic heterocycles. The van der Waals surface area contributed by atoms with Gasteiger partial charge in [-0.15, -0.1) is 0 Å². The van der Waals surface area contributed by atoms with Crippen molar-refractivity contribution in [2.45, 2.75) is 163 Å². The van der Waals surface area contributed by atoms with Crippen molar-refractivity contribution < 1.29 is 62.6 Å². The van der Waals surface area contributed by atoms with Crippen molar-refractivity contribution in [2.75, 3.05) is 39.3 Å². The fraction of sp³-hybridized carbons (Fsp3) is 0.337. The number of para-hydroxylation sites is 5. The Bertz CT molecular complexity index is 5860. The van der Waals surface area contributed by atoms with E-state index in [0.717, 1.165) is 76.8 Å². The quantitative estimate of drug-likeness (QED) is 0.0165. The van der Waals surface area contributed by atoms with Crippen LogP contribution in [0.15, 0.2) is 201 Å². The molecule has 7 aromatic carbocycles. The highest BCUT2D eigenvalue weighted by molar-refractivity contribution is 6.01. The third kappa shape index (κ3) is 21.5. The van der Waals surface area contributed by atoms with E-state index in [1.807, 2.05) is 170 Å². The number of nitrogens with zero attached hydrogens (tertiary/aromatic N) is 1. The number of carboxylic acid groups (broad SMARTS) is 1. The highest BCUT2D eigenvalue weighted by Gasteiger charge is 2.41. The molecule has 12 aromatic rings. The molecular weight excluding hydrogens is 1600 g/mol. The lowest BCUT2D eigenvalue weighted by Crippen LogP contribution is -2.60. The minimum Gasteiger partial charge on any atom is -0.480 e. The number of H-pyrrole nitrogens is 5. The van der Waals surface area contributed by atoms with Crippen LogP contribution >= 0.6 is 0 Å². The van der Waals surface area contributed by atoms with Crippen LogP contribution in [0.5, 0.6) is 0 Å². The number of nitrogens with one attached hydrogen (secondary N) is 14. The van der Waals surface area contributed by atoms with E-state index in [2.05, 4.69) is 72.8 Å². The first-order chi connectivity index (χ1) is 61.3. The number of aromatic amines is 5. The number of aliphatic carboxylic acids is 1. The van der Waals surface area contributed by atoms with Crippen LogP contribution in [0.25, 0.3) is 65.6 Å². The number of fused-ring (bicyclic) bond motifs is 8. The van der Waals surface area contributed by atoms with E-state index >= 15 is 24.0 Å². The number of nitrogens with two attached hydrogens (primary N) is 3. The SMILES string of the molecule is NCCCC[C@@H](NC(=O)[C@@H](Cc1c[nH]c2ccccc12)NC(=O)CNC(=O)[C@H]1CCCN1C(=O)[C@@H](Cc1c[nH]c2ccccc12)NC(=O)[C@@H](CCCCN)NC(=O)[C@@H](Cc1c[nH]c2ccccc12)NC(=O)[C@@H](CCCCN)NC(=O)[C@@H](Cc1c[nH]c2ccccc12)NC(=O)OCC1c2ccccc2-c2ccccc21)C(=O)N[C@H](Cc1c[nH]c2ccccc12)C(=O)O. The fourth-order valence-electron chi connectivity index (χ4n) is 17.4. The predicted molar refractivity (Wildman–Crippen MR) is 480 cm³/mol. The van der Waals surface area contributed by atoms with Gasteiger partial charge in [0.1, 0.15) is 61.0 Å². The van der Waals surface area contributed by atoms with Gasteiger partial charge in [-0.1, -0.05) is 140 Å². The number of hydrogen-bond acceptors (Lipinski definition) is 15. The standard InChI is InChI=1S/C95H108N18O13/c96-40-18-15-36-76(108-91(120)81(46-58-51-101-73-33-12-7-24-63(58)73)112-95(125)126-55-70-68-29-3-1-27-66(68)67-28-2-4-30-69(67)70)86(115)109-80(45-57-50-100-72-32-11-6-23-62(57)72)90(119)107-77(37-16-19-41-97)87(116)110-82(47-59-52-102-74-34-13-8-25-64(59)74)93(122)113-43-21-39-84(113)92(121)104-54-85(114)105-79(44-56-49-99-71-31-10-5-22-61(56)71)89(118)106-78(38-17-20-42-98)88(117)111-83(94(123)124)48-60-53-103-75-35-14-9-26-65(60)75/h1-14,22-35,49-53,70,76-84,99-103H,15-21,36-48,54-55,96-98H2,(H,104,121)(H,105,114)(H,106,118)(H,107,119)(H,108,120)(H,109,115)(H,110,116)(H,111,117)(H,112,125)(H,123,124)/t76-,77-,78-,79-,80-,81-,82-,83-,84-/m1/s1. The van der Waals surface area contributed by atoms with Crippen molar-refractivity contribution in [1.82, 2.24) is 77.7 Å². The van der Waals surface area contributed by atoms with Crippen LogP contribution in [0.1, 0.15) is 115 Å². The summed E-state index contributed by atoms with van der Waals surface area (Å²) in [5, 5.41) is 39.8. The summed E-state index contributed by atoms with van der Waals surface area (Å²) in [6.07, 6.45) is 10.3. The van der Waals surface area contributed by atoms with Gasteiger partial charge in [0.2, 0.25) is 53.2 Å². The fourth-order valence-corrected chi connectivity index (χ4v) is 17.4. The van der Waals surface area contributed by atoms with E-state index < -0.39 is 126 Å². The summed E-state index contributed by atoms with van der Waals surface area (Å²) in [6, 6.07) is 40.8. The average molecular weight is 1710 g/mol. The van der Waals surface area contributed by atoms with Gasteiger partial charge in [0.25, 0.3) is 0 Å². The smallest absolute Gasteiger partial charge is 0.407 e. The molecule has 31 heteroatoms. The van der Waals surface area contributed by atoms with Crippen molar-refractivity contribution >= 4 is 120 Å². The van der Waals surface area contributed by atoms with Crippen LogP contribution in [-0.4, -0.2) is 194 Å². The number of unbranched alkanes of at least 4 members (excludes halogenated alkanes) is 3. The number of carbonyl (C=O) groups is 11. The molecule has 14 rings (SSSR count). The Labute approximate surface area is 726 Å². The predicted octanol–water partition coefficient (Wildman–Crippen LogP) is 7.49. The summed E-state index contributed by atoms with van der Waals surface area (Å²) < 4.78 is 6.01. The molecule has 0 spiro atoms. The zero-order chi connectivity index (χ0) is 88.2. The number of benzene rings is 7. The molecule has 1 saturated heterocycles. The molecule has 31 nitrogen and oxygen atoms in total. The lowest BCUT2D eigenvalue weighted by Gasteiger charge is -2.30. The van der Waals surface area contributed by atoms with Crippen LogP contribution in [0.2, 0.25) is 0 Å². The van der Waals surface area contributed by atoms with Gasteiger partial charge in [-0.3, -0.25) is 43.2 Å². The maximum absolute atomic E-state index is 15.6. The number of carbonyl (C=O) groups excluding carboxylic acids is 10. The zero-order valence-corrected chi connectivity index (χ0v) is 69.9. The number of aromatic nitrogens is 5. The molecule has 656 valence electrons. The van der Waals surface area contributed by atoms with Gasteiger partial charge < -0.3 is 105 Å². The zero-order valence-electron chi connectivity index (χ0n) is 69.9. The highest BCUT2D eigenvalue weighted by Crippen LogP contribution is 2.45. The molecule has 6 heterocycles. The molecular formula is C95H108N18O13. The number of likely N-dealkylation sites (tertiary alicyclic amines) is 1. The Hall–Kier alpha value is -13.9. The summed E-state index contributed by atoms with van der Waals surface area (Å²) in [4.78, 5) is 180. The summed E-state index contributed by atoms with van der Waals surface area (Å²) in [7, 11) is 0. The van der Waals surface area contributed by atoms with Gasteiger partial charge in [0, 0.05) is 130 Å². The molecule has 1 fully saturated rings. The second kappa shape index (κ2) is 42.0. The van der Waals surface area contributed by atoms with Crippen LogP contribution in [0.3, 0.4) is 0 Å². The van der Waals surface area contributed by atoms with E-state index in [1.54, 1.807) is 31.0 Å². The molecule has 0 radical (unpaired) electrons. The minimum absolute atomic E-state index is 0.00885. The van der Waals surface area contributed by atoms with Crippen LogP contribution in [-0.2, 0) is 84.8 Å². The number of ether oxygens (including phenoxy) is 1. The first-order valence-electron chi connectivity index (χ1n) is 43.2. The number of alkyl carbamates (subject to hydrolysis) is 1. The summed E-state index contributed by atoms with van der Waals surface area (Å²) in [5.41, 5.74) is 29.1. The van der Waals surface area contributed by atoms with Gasteiger partial charge >= 0.3 is 12.1 Å². The Morgan fingerprint density at radius 3 is 1.09 bits per heavy atom. The molecule has 0 bridgehead atoms. The van der Waals surface area contributed by atoms with Crippen LogP contribution in [0, 0.1) is 0 Å². The number of hydrogen-bond donors (Lipinski definition) is 18. The second-order valence-corrected chi connectivity index (χ2v) is 32.4. The Morgan fingerprint density at radius 1 is 0.381 bits per heavy atom. The molecule has 126 heavy (non-hydrogen) atoms. The Balaban J connectivity index is 0.683. The maximum Gasteiger partial charge on any atom is 0.407 e. The molecule has 21 N–H and O–H groups in total. The van der Waals surface area contributed by atoms with Crippen LogP contribution in [0.4, 0.5) is 4.79 Å². The normalized spacial score (nSPS) is 15.0. The summed E-state index contributed by atoms with van der Waals surface area (Å²) in [5.74, 6) is -8.34. The molecule has 1 aliphatic heterocycles. The highest BCUT2D eigenvalue weighted by atomic mass is 16.5. The van der Waals surface area contributed by atoms with Crippen molar-refractivity contribution in [3.63, 3.8) is 0 Å². The number of rotatable bonds is 43. The van der Waals surface area contributed by atoms with Crippen molar-refractivity contribution in [2.24, 2.45) is 17.2 Å². The van der Waals surface area contributed by atoms with Gasteiger partial charge in [0.15, 0.2) is 0 Å². The average Bonchev–Trinajstić information content (AvgIpc) is 1.60. The van der Waals surface area contributed by atoms with Gasteiger partial charge in [-0.2, -0.15) is 0 Å². The first kappa shape index (κ1) is 88.4. The third-order valence-electron chi connectivity index (χ3n) is 24.0. The molecule has 1 aliphatic carbocycles. The third-order valence-corrected chi connectivity index (χ3v) is 24.0. The minimum atomic E-state index is -1.43. The van der Waals surface area contributed by atoms with Crippen molar-refractivity contribution in [1.29, 1.82) is 0 Å². The van der Waals surface area contributed by atoms with Gasteiger partial charge in [-0.25, -0.2) is 9.59 Å². The lowest BCUT2D eigenvalue weighted by molar-refractivity contribution is -0.142. The van der Waals surface area contributed by atoms with Gasteiger partial charge in [0.05, 0.1) is 6.54 Å². The van der Waals surface area contributed by atoms with Crippen LogP contribution < -0.4 is 65.1 Å². The number of carboxylic acids is 1. The molecule has 2 aliphatic rings. The summed E-state index contributed by atoms with van der Waals surface area (Å²) >= 11 is 0. The largest absolute Gasteiger partial charge is 0.480 e. The van der Waals surface area contributed by atoms with E-state index in [9.17, 15) is 33.9 Å². The topological polar surface area (TPSA) is 486 Å².